The highest BCUT2D eigenvalue weighted by Crippen LogP contribution is 2.31. The number of aromatic hydroxyl groups is 1. The van der Waals surface area contributed by atoms with Crippen molar-refractivity contribution in [2.24, 2.45) is 0 Å². The monoisotopic (exact) mass is 267 g/mol. The van der Waals surface area contributed by atoms with Crippen molar-refractivity contribution in [1.82, 2.24) is 4.98 Å². The number of hydrogen-bond donors (Lipinski definition) is 1. The number of alkyl halides is 3. The first-order valence-electron chi connectivity index (χ1n) is 5.77. The quantitative estimate of drug-likeness (QED) is 0.890. The zero-order valence-corrected chi connectivity index (χ0v) is 10.2. The van der Waals surface area contributed by atoms with Crippen molar-refractivity contribution in [3.8, 4) is 16.9 Å². The van der Waals surface area contributed by atoms with Gasteiger partial charge in [0.25, 0.3) is 0 Å². The standard InChI is InChI=1S/C14H12F3NO/c1-2-9-7-11(19)4-5-12(9)10-3-6-13(18-8-10)14(15,16)17/h3-8,19H,2H2,1H3. The van der Waals surface area contributed by atoms with E-state index in [0.29, 0.717) is 12.0 Å². The first kappa shape index (κ1) is 13.4. The van der Waals surface area contributed by atoms with E-state index >= 15 is 0 Å². The number of rotatable bonds is 2. The second-order valence-corrected chi connectivity index (χ2v) is 4.12. The van der Waals surface area contributed by atoms with Crippen LogP contribution in [0.15, 0.2) is 36.5 Å². The zero-order chi connectivity index (χ0) is 14.0. The fourth-order valence-corrected chi connectivity index (χ4v) is 1.88. The van der Waals surface area contributed by atoms with Crippen molar-refractivity contribution in [2.75, 3.05) is 0 Å². The van der Waals surface area contributed by atoms with Gasteiger partial charge in [-0.3, -0.25) is 4.98 Å². The molecule has 0 aliphatic rings. The molecule has 2 rings (SSSR count). The number of halogens is 3. The Bertz CT molecular complexity index is 576. The molecule has 5 heteroatoms. The largest absolute Gasteiger partial charge is 0.508 e. The van der Waals surface area contributed by atoms with Crippen LogP contribution in [-0.4, -0.2) is 10.1 Å². The normalized spacial score (nSPS) is 11.6. The van der Waals surface area contributed by atoms with Gasteiger partial charge in [0.1, 0.15) is 11.4 Å². The Morgan fingerprint density at radius 2 is 1.89 bits per heavy atom. The Morgan fingerprint density at radius 3 is 2.42 bits per heavy atom. The van der Waals surface area contributed by atoms with Gasteiger partial charge in [-0.25, -0.2) is 0 Å². The molecule has 0 atom stereocenters. The summed E-state index contributed by atoms with van der Waals surface area (Å²) in [5.41, 5.74) is 1.33. The van der Waals surface area contributed by atoms with Gasteiger partial charge in [-0.1, -0.05) is 19.1 Å². The molecule has 1 N–H and O–H groups in total. The molecule has 0 saturated carbocycles. The lowest BCUT2D eigenvalue weighted by molar-refractivity contribution is -0.141. The number of phenolic OH excluding ortho intramolecular Hbond substituents is 1. The van der Waals surface area contributed by atoms with Crippen molar-refractivity contribution in [2.45, 2.75) is 19.5 Å². The van der Waals surface area contributed by atoms with Crippen molar-refractivity contribution < 1.29 is 18.3 Å². The van der Waals surface area contributed by atoms with Gasteiger partial charge in [-0.2, -0.15) is 13.2 Å². The molecule has 2 nitrogen and oxygen atoms in total. The van der Waals surface area contributed by atoms with Gasteiger partial charge in [0.05, 0.1) is 0 Å². The smallest absolute Gasteiger partial charge is 0.433 e. The van der Waals surface area contributed by atoms with E-state index in [0.717, 1.165) is 17.2 Å². The lowest BCUT2D eigenvalue weighted by Gasteiger charge is -2.10. The Kier molecular flexibility index (Phi) is 3.46. The maximum atomic E-state index is 12.4. The minimum absolute atomic E-state index is 0.139. The van der Waals surface area contributed by atoms with Crippen LogP contribution in [0.3, 0.4) is 0 Å². The number of aromatic nitrogens is 1. The average molecular weight is 267 g/mol. The Balaban J connectivity index is 2.43. The molecule has 0 fully saturated rings. The lowest BCUT2D eigenvalue weighted by Crippen LogP contribution is -2.07. The van der Waals surface area contributed by atoms with E-state index < -0.39 is 11.9 Å². The van der Waals surface area contributed by atoms with Crippen molar-refractivity contribution in [3.05, 3.63) is 47.8 Å². The van der Waals surface area contributed by atoms with Crippen molar-refractivity contribution in [1.29, 1.82) is 0 Å². The van der Waals surface area contributed by atoms with Crippen LogP contribution in [0.4, 0.5) is 13.2 Å². The molecular weight excluding hydrogens is 255 g/mol. The van der Waals surface area contributed by atoms with Crippen LogP contribution < -0.4 is 0 Å². The molecule has 0 amide bonds. The van der Waals surface area contributed by atoms with Crippen molar-refractivity contribution in [3.63, 3.8) is 0 Å². The number of benzene rings is 1. The number of pyridine rings is 1. The minimum Gasteiger partial charge on any atom is -0.508 e. The van der Waals surface area contributed by atoms with E-state index in [1.807, 2.05) is 6.92 Å². The average Bonchev–Trinajstić information content (AvgIpc) is 2.37. The number of hydrogen-bond acceptors (Lipinski definition) is 2. The predicted molar refractivity (Wildman–Crippen MR) is 65.7 cm³/mol. The van der Waals surface area contributed by atoms with Crippen LogP contribution in [0, 0.1) is 0 Å². The Labute approximate surface area is 108 Å². The molecule has 2 aromatic rings. The highest BCUT2D eigenvalue weighted by Gasteiger charge is 2.32. The molecule has 1 aromatic carbocycles. The van der Waals surface area contributed by atoms with E-state index in [-0.39, 0.29) is 5.75 Å². The zero-order valence-electron chi connectivity index (χ0n) is 10.2. The fraction of sp³-hybridized carbons (Fsp3) is 0.214. The highest BCUT2D eigenvalue weighted by atomic mass is 19.4. The molecule has 0 radical (unpaired) electrons. The number of aryl methyl sites for hydroxylation is 1. The summed E-state index contributed by atoms with van der Waals surface area (Å²) in [4.78, 5) is 3.44. The molecule has 100 valence electrons. The molecule has 1 aromatic heterocycles. The maximum Gasteiger partial charge on any atom is 0.433 e. The molecule has 1 heterocycles. The first-order chi connectivity index (χ1) is 8.91. The third kappa shape index (κ3) is 2.86. The Hall–Kier alpha value is -2.04. The molecule has 0 aliphatic carbocycles. The SMILES string of the molecule is CCc1cc(O)ccc1-c1ccc(C(F)(F)F)nc1. The van der Waals surface area contributed by atoms with Crippen LogP contribution >= 0.6 is 0 Å². The molecule has 0 unspecified atom stereocenters. The minimum atomic E-state index is -4.43. The summed E-state index contributed by atoms with van der Waals surface area (Å²) in [6.45, 7) is 1.91. The second-order valence-electron chi connectivity index (χ2n) is 4.12. The van der Waals surface area contributed by atoms with Crippen LogP contribution in [0.1, 0.15) is 18.2 Å². The summed E-state index contributed by atoms with van der Waals surface area (Å²) in [6.07, 6.45) is -2.56. The molecular formula is C14H12F3NO. The van der Waals surface area contributed by atoms with Gasteiger partial charge in [-0.15, -0.1) is 0 Å². The van der Waals surface area contributed by atoms with Crippen molar-refractivity contribution >= 4 is 0 Å². The summed E-state index contributed by atoms with van der Waals surface area (Å²) in [5.74, 6) is 0.139. The van der Waals surface area contributed by atoms with E-state index in [9.17, 15) is 18.3 Å². The summed E-state index contributed by atoms with van der Waals surface area (Å²) in [5, 5.41) is 9.40. The van der Waals surface area contributed by atoms with Gasteiger partial charge in [0.15, 0.2) is 0 Å². The maximum absolute atomic E-state index is 12.4. The number of nitrogens with zero attached hydrogens (tertiary/aromatic N) is 1. The molecule has 0 aliphatic heterocycles. The summed E-state index contributed by atoms with van der Waals surface area (Å²) in [7, 11) is 0. The molecule has 19 heavy (non-hydrogen) atoms. The summed E-state index contributed by atoms with van der Waals surface area (Å²) in [6, 6.07) is 7.14. The Morgan fingerprint density at radius 1 is 1.16 bits per heavy atom. The molecule has 0 spiro atoms. The van der Waals surface area contributed by atoms with Crippen LogP contribution in [-0.2, 0) is 12.6 Å². The van der Waals surface area contributed by atoms with Gasteiger partial charge in [0, 0.05) is 11.8 Å². The first-order valence-corrected chi connectivity index (χ1v) is 5.77. The molecule has 0 saturated heterocycles. The van der Waals surface area contributed by atoms with Crippen LogP contribution in [0.25, 0.3) is 11.1 Å². The van der Waals surface area contributed by atoms with E-state index in [4.69, 9.17) is 0 Å². The van der Waals surface area contributed by atoms with Gasteiger partial charge >= 0.3 is 6.18 Å². The van der Waals surface area contributed by atoms with E-state index in [1.165, 1.54) is 18.3 Å². The summed E-state index contributed by atoms with van der Waals surface area (Å²) >= 11 is 0. The number of phenols is 1. The second kappa shape index (κ2) is 4.91. The van der Waals surface area contributed by atoms with Crippen LogP contribution in [0.5, 0.6) is 5.75 Å². The predicted octanol–water partition coefficient (Wildman–Crippen LogP) is 4.04. The highest BCUT2D eigenvalue weighted by molar-refractivity contribution is 5.67. The van der Waals surface area contributed by atoms with E-state index in [2.05, 4.69) is 4.98 Å². The topological polar surface area (TPSA) is 33.1 Å². The van der Waals surface area contributed by atoms with E-state index in [1.54, 1.807) is 12.1 Å². The third-order valence-corrected chi connectivity index (χ3v) is 2.83. The van der Waals surface area contributed by atoms with Crippen LogP contribution in [0.2, 0.25) is 0 Å². The van der Waals surface area contributed by atoms with Gasteiger partial charge in [0.2, 0.25) is 0 Å². The fourth-order valence-electron chi connectivity index (χ4n) is 1.88. The summed E-state index contributed by atoms with van der Waals surface area (Å²) < 4.78 is 37.3. The molecule has 0 bridgehead atoms. The lowest BCUT2D eigenvalue weighted by atomic mass is 9.99. The van der Waals surface area contributed by atoms with Gasteiger partial charge in [-0.05, 0) is 35.7 Å². The third-order valence-electron chi connectivity index (χ3n) is 2.83. The van der Waals surface area contributed by atoms with Gasteiger partial charge < -0.3 is 5.11 Å².